The normalized spacial score (nSPS) is 14.5. The highest BCUT2D eigenvalue weighted by molar-refractivity contribution is 5.68. The van der Waals surface area contributed by atoms with Gasteiger partial charge >= 0.3 is 6.09 Å². The lowest BCUT2D eigenvalue weighted by molar-refractivity contribution is 0.0505. The van der Waals surface area contributed by atoms with E-state index in [0.717, 1.165) is 54.9 Å². The lowest BCUT2D eigenvalue weighted by Gasteiger charge is -2.32. The van der Waals surface area contributed by atoms with Gasteiger partial charge in [-0.1, -0.05) is 0 Å². The van der Waals surface area contributed by atoms with Crippen LogP contribution < -0.4 is 34.9 Å². The molecule has 19 heteroatoms. The Kier molecular flexibility index (Phi) is 17.8. The highest BCUT2D eigenvalue weighted by Gasteiger charge is 2.27. The van der Waals surface area contributed by atoms with Crippen molar-refractivity contribution in [3.63, 3.8) is 0 Å². The number of hydrogen-bond acceptors (Lipinski definition) is 16. The maximum atomic E-state index is 14.4. The molecule has 4 aromatic rings. The smallest absolute Gasteiger partial charge is 0.410 e. The summed E-state index contributed by atoms with van der Waals surface area (Å²) in [7, 11) is 3.13. The van der Waals surface area contributed by atoms with Gasteiger partial charge in [-0.2, -0.15) is 0 Å². The predicted octanol–water partition coefficient (Wildman–Crippen LogP) is 6.61. The van der Waals surface area contributed by atoms with Crippen molar-refractivity contribution < 1.29 is 46.7 Å². The number of halogens is 2. The van der Waals surface area contributed by atoms with E-state index < -0.39 is 11.6 Å². The number of nitrogens with zero attached hydrogens (tertiary/aromatic N) is 6. The third kappa shape index (κ3) is 13.9. The molecule has 0 spiro atoms. The van der Waals surface area contributed by atoms with E-state index in [2.05, 4.69) is 40.9 Å². The van der Waals surface area contributed by atoms with Gasteiger partial charge < -0.3 is 54.0 Å². The molecular weight excluding hydrogens is 797 g/mol. The van der Waals surface area contributed by atoms with Crippen LogP contribution in [0.15, 0.2) is 37.1 Å². The van der Waals surface area contributed by atoms with Crippen molar-refractivity contribution in [3.8, 4) is 23.4 Å². The van der Waals surface area contributed by atoms with Crippen molar-refractivity contribution in [3.05, 3.63) is 65.4 Å². The molecule has 0 aliphatic carbocycles. The van der Waals surface area contributed by atoms with Crippen LogP contribution in [-0.2, 0) is 14.2 Å². The van der Waals surface area contributed by atoms with Crippen molar-refractivity contribution in [1.82, 2.24) is 35.1 Å². The molecule has 61 heavy (non-hydrogen) atoms. The van der Waals surface area contributed by atoms with Crippen LogP contribution in [0.1, 0.15) is 56.2 Å². The third-order valence-electron chi connectivity index (χ3n) is 9.65. The van der Waals surface area contributed by atoms with E-state index in [1.54, 1.807) is 25.1 Å². The fraction of sp³-hybridized carbons (Fsp3) is 0.524. The first kappa shape index (κ1) is 46.4. The molecule has 0 saturated carbocycles. The maximum Gasteiger partial charge on any atom is 0.410 e. The molecule has 17 nitrogen and oxygen atoms in total. The molecule has 332 valence electrons. The van der Waals surface area contributed by atoms with E-state index in [1.807, 2.05) is 33.8 Å². The maximum absolute atomic E-state index is 14.4. The minimum atomic E-state index is -0.683. The van der Waals surface area contributed by atoms with Crippen molar-refractivity contribution in [1.29, 1.82) is 0 Å². The summed E-state index contributed by atoms with van der Waals surface area (Å²) in [5.41, 5.74) is 3.17. The molecule has 0 atom stereocenters. The molecule has 5 heterocycles. The fourth-order valence-corrected chi connectivity index (χ4v) is 6.21. The number of carbonyl (C=O) groups is 1. The van der Waals surface area contributed by atoms with Gasteiger partial charge in [-0.05, 0) is 66.1 Å². The number of anilines is 4. The van der Waals surface area contributed by atoms with E-state index in [-0.39, 0.29) is 49.1 Å². The van der Waals surface area contributed by atoms with Crippen LogP contribution in [0, 0.1) is 32.4 Å². The number of ether oxygens (including phenoxy) is 7. The number of aromatic nitrogens is 5. The average molecular weight is 854 g/mol. The first-order valence-corrected chi connectivity index (χ1v) is 20.3. The Morgan fingerprint density at radius 1 is 0.754 bits per heavy atom. The van der Waals surface area contributed by atoms with Crippen molar-refractivity contribution in [2.75, 3.05) is 77.5 Å². The number of piperidine rings is 2. The molecule has 3 N–H and O–H groups in total. The minimum absolute atomic E-state index is 0.0264. The zero-order chi connectivity index (χ0) is 43.7. The SMILES string of the molecule is COCCOc1cc(C)c(Nc2ncnc(OC3CCN(C(=O)OC(C)C)CC3)c2C)cn1.COCCOc1cc(F)c(Nc2ncnc(OC3CCNCC3)c2C)cc1F. The topological polar surface area (TPSA) is 185 Å². The van der Waals surface area contributed by atoms with Gasteiger partial charge in [0, 0.05) is 58.3 Å². The molecule has 0 bridgehead atoms. The fourth-order valence-electron chi connectivity index (χ4n) is 6.21. The molecule has 1 amide bonds. The molecule has 0 radical (unpaired) electrons. The summed E-state index contributed by atoms with van der Waals surface area (Å²) < 4.78 is 66.6. The zero-order valence-corrected chi connectivity index (χ0v) is 35.9. The predicted molar refractivity (Wildman–Crippen MR) is 224 cm³/mol. The van der Waals surface area contributed by atoms with Gasteiger partial charge in [-0.15, -0.1) is 0 Å². The van der Waals surface area contributed by atoms with E-state index in [0.29, 0.717) is 74.0 Å². The first-order valence-electron chi connectivity index (χ1n) is 20.3. The van der Waals surface area contributed by atoms with E-state index >= 15 is 0 Å². The van der Waals surface area contributed by atoms with Gasteiger partial charge in [0.1, 0.15) is 49.7 Å². The van der Waals surface area contributed by atoms with E-state index in [9.17, 15) is 13.6 Å². The largest absolute Gasteiger partial charge is 0.488 e. The van der Waals surface area contributed by atoms with Crippen molar-refractivity contribution >= 4 is 29.1 Å². The van der Waals surface area contributed by atoms with Gasteiger partial charge in [0.15, 0.2) is 17.4 Å². The monoisotopic (exact) mass is 853 g/mol. The summed E-state index contributed by atoms with van der Waals surface area (Å²) in [6.45, 7) is 13.7. The van der Waals surface area contributed by atoms with E-state index in [4.69, 9.17) is 33.2 Å². The Balaban J connectivity index is 0.000000234. The number of methoxy groups -OCH3 is 2. The van der Waals surface area contributed by atoms with Crippen LogP contribution in [-0.4, -0.2) is 121 Å². The lowest BCUT2D eigenvalue weighted by Crippen LogP contribution is -2.42. The number of nitrogens with one attached hydrogen (secondary N) is 3. The average Bonchev–Trinajstić information content (AvgIpc) is 3.24. The molecule has 3 aromatic heterocycles. The summed E-state index contributed by atoms with van der Waals surface area (Å²) in [4.78, 5) is 35.1. The van der Waals surface area contributed by atoms with Crippen molar-refractivity contribution in [2.24, 2.45) is 0 Å². The van der Waals surface area contributed by atoms with Crippen molar-refractivity contribution in [2.45, 2.75) is 78.6 Å². The van der Waals surface area contributed by atoms with Crippen LogP contribution in [0.3, 0.4) is 0 Å². The van der Waals surface area contributed by atoms with Gasteiger partial charge in [-0.3, -0.25) is 0 Å². The number of rotatable bonds is 17. The molecular formula is C42H57F2N9O8. The van der Waals surface area contributed by atoms with Crippen LogP contribution in [0.25, 0.3) is 0 Å². The first-order chi connectivity index (χ1) is 29.4. The summed E-state index contributed by atoms with van der Waals surface area (Å²) in [6.07, 6.45) is 7.37. The second-order valence-electron chi connectivity index (χ2n) is 14.6. The summed E-state index contributed by atoms with van der Waals surface area (Å²) in [5, 5.41) is 9.40. The molecule has 2 aliphatic heterocycles. The molecule has 2 fully saturated rings. The highest BCUT2D eigenvalue weighted by atomic mass is 19.1. The Morgan fingerprint density at radius 3 is 1.90 bits per heavy atom. The number of hydrogen-bond donors (Lipinski definition) is 3. The van der Waals surface area contributed by atoms with Crippen LogP contribution in [0.2, 0.25) is 0 Å². The summed E-state index contributed by atoms with van der Waals surface area (Å²) in [5.74, 6) is 0.994. The molecule has 6 rings (SSSR count). The number of benzene rings is 1. The van der Waals surface area contributed by atoms with Crippen LogP contribution in [0.5, 0.6) is 23.4 Å². The van der Waals surface area contributed by atoms with Gasteiger partial charge in [0.25, 0.3) is 0 Å². The van der Waals surface area contributed by atoms with Gasteiger partial charge in [0.2, 0.25) is 17.6 Å². The molecule has 2 saturated heterocycles. The lowest BCUT2D eigenvalue weighted by atomic mass is 10.1. The number of aryl methyl sites for hydroxylation is 1. The number of likely N-dealkylation sites (tertiary alicyclic amines) is 1. The Labute approximate surface area is 355 Å². The number of amides is 1. The second-order valence-corrected chi connectivity index (χ2v) is 14.6. The third-order valence-corrected chi connectivity index (χ3v) is 9.65. The summed E-state index contributed by atoms with van der Waals surface area (Å²) >= 11 is 0. The molecule has 0 unspecified atom stereocenters. The number of carbonyl (C=O) groups excluding carboxylic acids is 1. The van der Waals surface area contributed by atoms with Gasteiger partial charge in [0.05, 0.1) is 48.0 Å². The van der Waals surface area contributed by atoms with Crippen LogP contribution in [0.4, 0.5) is 36.6 Å². The van der Waals surface area contributed by atoms with Crippen LogP contribution >= 0.6 is 0 Å². The Morgan fingerprint density at radius 2 is 1.33 bits per heavy atom. The highest BCUT2D eigenvalue weighted by Crippen LogP contribution is 2.31. The standard InChI is InChI=1S/C23H33N5O5.C19H24F2N4O3/c1-15(2)32-23(29)28-8-6-18(7-9-28)33-22-17(4)21(25-14-26-22)27-19-13-24-20(12-16(19)3)31-11-10-30-5;1-12-18(23-11-24-19(12)28-13-3-5-22-6-4-13)25-16-9-15(21)17(10-14(16)20)27-8-7-26-2/h12-15,18H,6-11H2,1-5H3,(H,25,26,27);9-11,13,22H,3-8H2,1-2H3,(H,23,24,25). The second kappa shape index (κ2) is 23.4. The number of pyridine rings is 1. The Hall–Kier alpha value is -5.66. The quantitative estimate of drug-likeness (QED) is 0.0963. The zero-order valence-electron chi connectivity index (χ0n) is 35.9. The molecule has 1 aromatic carbocycles. The van der Waals surface area contributed by atoms with E-state index in [1.165, 1.54) is 19.8 Å². The Bertz CT molecular complexity index is 2020. The summed E-state index contributed by atoms with van der Waals surface area (Å²) in [6, 6.07) is 3.90. The molecule has 2 aliphatic rings. The van der Waals surface area contributed by atoms with Gasteiger partial charge in [-0.25, -0.2) is 38.5 Å². The minimum Gasteiger partial charge on any atom is -0.488 e.